The minimum Gasteiger partial charge on any atom is -0.350 e. The first-order valence-electron chi connectivity index (χ1n) is 15.9. The Bertz CT molecular complexity index is 874. The third kappa shape index (κ3) is 24.7. The van der Waals surface area contributed by atoms with Crippen LogP contribution in [-0.2, 0) is 14.4 Å². The summed E-state index contributed by atoms with van der Waals surface area (Å²) in [4.78, 5) is 37.8. The van der Waals surface area contributed by atoms with Crippen molar-refractivity contribution in [2.75, 3.05) is 39.5 Å². The van der Waals surface area contributed by atoms with Gasteiger partial charge in [0.1, 0.15) is 6.29 Å². The van der Waals surface area contributed by atoms with Crippen LogP contribution in [0.15, 0.2) is 59.1 Å². The number of rotatable bonds is 16. The van der Waals surface area contributed by atoms with Crippen molar-refractivity contribution in [2.24, 2.45) is 17.6 Å². The van der Waals surface area contributed by atoms with E-state index in [1.54, 1.807) is 36.9 Å². The van der Waals surface area contributed by atoms with Crippen LogP contribution in [0.3, 0.4) is 0 Å². The van der Waals surface area contributed by atoms with E-state index in [-0.39, 0.29) is 30.3 Å². The highest BCUT2D eigenvalue weighted by Crippen LogP contribution is 2.15. The Balaban J connectivity index is -0.000000818. The van der Waals surface area contributed by atoms with Gasteiger partial charge in [-0.1, -0.05) is 85.8 Å². The van der Waals surface area contributed by atoms with Crippen molar-refractivity contribution in [3.63, 3.8) is 0 Å². The molecular formula is C35H64N4O3S. The molecule has 1 aliphatic rings. The molecule has 0 aromatic carbocycles. The fourth-order valence-corrected chi connectivity index (χ4v) is 4.13. The summed E-state index contributed by atoms with van der Waals surface area (Å²) >= 11 is 1.70. The first-order valence-corrected chi connectivity index (χ1v) is 17.2. The van der Waals surface area contributed by atoms with Gasteiger partial charge in [-0.05, 0) is 75.4 Å². The predicted molar refractivity (Wildman–Crippen MR) is 190 cm³/mol. The van der Waals surface area contributed by atoms with Gasteiger partial charge in [0.15, 0.2) is 0 Å². The number of nitrogens with one attached hydrogen (secondary N) is 2. The molecule has 0 aromatic rings. The van der Waals surface area contributed by atoms with E-state index in [4.69, 9.17) is 5.73 Å². The van der Waals surface area contributed by atoms with Crippen LogP contribution in [0.4, 0.5) is 0 Å². The van der Waals surface area contributed by atoms with E-state index < -0.39 is 0 Å². The van der Waals surface area contributed by atoms with Gasteiger partial charge < -0.3 is 26.1 Å². The van der Waals surface area contributed by atoms with Crippen LogP contribution in [0.2, 0.25) is 0 Å². The molecule has 0 heterocycles. The van der Waals surface area contributed by atoms with Gasteiger partial charge in [-0.3, -0.25) is 9.59 Å². The molecule has 2 amide bonds. The highest BCUT2D eigenvalue weighted by Gasteiger charge is 2.19. The second-order valence-electron chi connectivity index (χ2n) is 10.4. The maximum absolute atomic E-state index is 12.8. The van der Waals surface area contributed by atoms with E-state index in [1.807, 2.05) is 65.0 Å². The lowest BCUT2D eigenvalue weighted by Gasteiger charge is -2.22. The number of carbonyl (C=O) groups excluding carboxylic acids is 3. The molecule has 0 fully saturated rings. The Hall–Kier alpha value is -2.42. The fourth-order valence-electron chi connectivity index (χ4n) is 3.66. The highest BCUT2D eigenvalue weighted by molar-refractivity contribution is 8.01. The summed E-state index contributed by atoms with van der Waals surface area (Å²) in [6, 6.07) is -0.284. The van der Waals surface area contributed by atoms with E-state index in [0.29, 0.717) is 37.1 Å². The minimum absolute atomic E-state index is 0.0490. The summed E-state index contributed by atoms with van der Waals surface area (Å²) in [5.41, 5.74) is 8.18. The summed E-state index contributed by atoms with van der Waals surface area (Å²) in [7, 11) is 1.99. The number of aldehydes is 1. The molecule has 0 aliphatic heterocycles. The van der Waals surface area contributed by atoms with Crippen LogP contribution in [0.5, 0.6) is 0 Å². The van der Waals surface area contributed by atoms with Crippen LogP contribution >= 0.6 is 11.8 Å². The van der Waals surface area contributed by atoms with Crippen molar-refractivity contribution >= 4 is 29.9 Å². The topological polar surface area (TPSA) is 105 Å². The average Bonchev–Trinajstić information content (AvgIpc) is 3.28. The van der Waals surface area contributed by atoms with Gasteiger partial charge in [0.25, 0.3) is 11.8 Å². The maximum atomic E-state index is 12.8. The third-order valence-corrected chi connectivity index (χ3v) is 6.78. The molecule has 1 aliphatic carbocycles. The number of nitrogens with two attached hydrogens (primary N) is 1. The smallest absolute Gasteiger partial charge is 0.253 e. The first-order chi connectivity index (χ1) is 20.5. The van der Waals surface area contributed by atoms with Crippen molar-refractivity contribution in [1.29, 1.82) is 0 Å². The summed E-state index contributed by atoms with van der Waals surface area (Å²) < 4.78 is 0. The van der Waals surface area contributed by atoms with Crippen molar-refractivity contribution in [3.8, 4) is 0 Å². The Morgan fingerprint density at radius 3 is 2.14 bits per heavy atom. The molecule has 0 spiro atoms. The Labute approximate surface area is 269 Å². The summed E-state index contributed by atoms with van der Waals surface area (Å²) in [5, 5.41) is 7.98. The van der Waals surface area contributed by atoms with Crippen LogP contribution < -0.4 is 16.4 Å². The molecule has 4 N–H and O–H groups in total. The lowest BCUT2D eigenvalue weighted by molar-refractivity contribution is -0.126. The SMILES string of the molecule is C=C/C(C)=C\SC.CC.CCC(C)CNC.CCCN(CCC)C(=O)C1=CC(C(=O)NCC(N)CC(C)C=O)=CCC=C1. The molecule has 0 radical (unpaired) electrons. The van der Waals surface area contributed by atoms with E-state index in [0.717, 1.165) is 31.6 Å². The van der Waals surface area contributed by atoms with Gasteiger partial charge >= 0.3 is 0 Å². The average molecular weight is 621 g/mol. The van der Waals surface area contributed by atoms with E-state index in [2.05, 4.69) is 36.5 Å². The molecule has 43 heavy (non-hydrogen) atoms. The van der Waals surface area contributed by atoms with Crippen LogP contribution in [0, 0.1) is 11.8 Å². The lowest BCUT2D eigenvalue weighted by atomic mass is 10.0. The molecule has 0 bridgehead atoms. The molecule has 0 aromatic heterocycles. The van der Waals surface area contributed by atoms with Gasteiger partial charge in [-0.25, -0.2) is 0 Å². The molecule has 7 nitrogen and oxygen atoms in total. The van der Waals surface area contributed by atoms with E-state index in [1.165, 1.54) is 12.0 Å². The fraction of sp³-hybridized carbons (Fsp3) is 0.629. The summed E-state index contributed by atoms with van der Waals surface area (Å²) in [6.07, 6.45) is 16.0. The van der Waals surface area contributed by atoms with Crippen molar-refractivity contribution in [1.82, 2.24) is 15.5 Å². The second kappa shape index (κ2) is 31.0. The van der Waals surface area contributed by atoms with Crippen LogP contribution in [0.1, 0.15) is 87.5 Å². The monoisotopic (exact) mass is 620 g/mol. The number of hydrogen-bond donors (Lipinski definition) is 3. The predicted octanol–water partition coefficient (Wildman–Crippen LogP) is 6.83. The van der Waals surface area contributed by atoms with E-state index in [9.17, 15) is 14.4 Å². The van der Waals surface area contributed by atoms with Crippen LogP contribution in [0.25, 0.3) is 0 Å². The lowest BCUT2D eigenvalue weighted by Crippen LogP contribution is -2.39. The molecule has 248 valence electrons. The quantitative estimate of drug-likeness (QED) is 0.129. The minimum atomic E-state index is -0.284. The zero-order valence-electron chi connectivity index (χ0n) is 29.0. The van der Waals surface area contributed by atoms with Crippen LogP contribution in [-0.4, -0.2) is 68.5 Å². The highest BCUT2D eigenvalue weighted by atomic mass is 32.2. The van der Waals surface area contributed by atoms with E-state index >= 15 is 0 Å². The third-order valence-electron chi connectivity index (χ3n) is 6.17. The van der Waals surface area contributed by atoms with Gasteiger partial charge in [0.05, 0.1) is 0 Å². The largest absolute Gasteiger partial charge is 0.350 e. The molecule has 0 saturated carbocycles. The molecule has 3 atom stereocenters. The van der Waals surface area contributed by atoms with Gasteiger partial charge in [0.2, 0.25) is 0 Å². The van der Waals surface area contributed by atoms with Crippen molar-refractivity contribution in [2.45, 2.75) is 93.5 Å². The van der Waals surface area contributed by atoms with Crippen molar-refractivity contribution < 1.29 is 14.4 Å². The zero-order chi connectivity index (χ0) is 33.6. The zero-order valence-corrected chi connectivity index (χ0v) is 29.8. The number of amides is 2. The number of nitrogens with zero attached hydrogens (tertiary/aromatic N) is 1. The van der Waals surface area contributed by atoms with Gasteiger partial charge in [0, 0.05) is 42.7 Å². The Morgan fingerprint density at radius 1 is 1.12 bits per heavy atom. The first kappa shape index (κ1) is 45.0. The number of hydrogen-bond acceptors (Lipinski definition) is 6. The normalized spacial score (nSPS) is 14.3. The summed E-state index contributed by atoms with van der Waals surface area (Å²) in [5.74, 6) is 0.401. The number of carbonyl (C=O) groups is 3. The summed E-state index contributed by atoms with van der Waals surface area (Å²) in [6.45, 7) is 22.8. The Kier molecular flexibility index (Phi) is 32.5. The molecule has 1 rings (SSSR count). The molecule has 8 heteroatoms. The molecule has 0 saturated heterocycles. The standard InChI is InChI=1S/C21H33N3O3.C6H15N.C6H10S.C2H6/c1-4-10-24(11-5-2)21(27)18-9-7-6-8-17(13-18)20(26)23-14-19(22)12-16(3)15-25;2*1-4-6(2)5-7-3;1-2/h7-9,13,15-16,19H,4-6,10-12,14,22H2,1-3H3,(H,23,26);6-7H,4-5H2,1-3H3;4-5H,1H2,2-3H3;1-2H3/b;;6-5-;. The number of thioether (sulfide) groups is 1. The van der Waals surface area contributed by atoms with Gasteiger partial charge in [-0.15, -0.1) is 11.8 Å². The maximum Gasteiger partial charge on any atom is 0.253 e. The molecular weight excluding hydrogens is 556 g/mol. The molecule has 3 unspecified atom stereocenters. The second-order valence-corrected chi connectivity index (χ2v) is 11.1. The van der Waals surface area contributed by atoms with Crippen molar-refractivity contribution in [3.05, 3.63) is 59.1 Å². The number of allylic oxidation sites excluding steroid dienone is 4. The van der Waals surface area contributed by atoms with Gasteiger partial charge in [-0.2, -0.15) is 0 Å². The Morgan fingerprint density at radius 2 is 1.72 bits per heavy atom.